The molecular formula is C9H15N3O2. The minimum Gasteiger partial charge on any atom is -0.464 e. The summed E-state index contributed by atoms with van der Waals surface area (Å²) in [4.78, 5) is 11.3. The maximum atomic E-state index is 11.3. The summed E-state index contributed by atoms with van der Waals surface area (Å²) in [5.74, 6) is -0.402. The van der Waals surface area contributed by atoms with Crippen LogP contribution in [-0.2, 0) is 17.7 Å². The summed E-state index contributed by atoms with van der Waals surface area (Å²) in [6, 6.07) is 0. The zero-order chi connectivity index (χ0) is 10.6. The van der Waals surface area contributed by atoms with Crippen LogP contribution in [0, 0.1) is 0 Å². The number of rotatable bonds is 4. The Morgan fingerprint density at radius 2 is 2.43 bits per heavy atom. The van der Waals surface area contributed by atoms with Gasteiger partial charge >= 0.3 is 5.97 Å². The quantitative estimate of drug-likeness (QED) is 0.699. The number of hydrogen-bond donors (Lipinski definition) is 1. The van der Waals surface area contributed by atoms with Gasteiger partial charge in [0.2, 0.25) is 0 Å². The van der Waals surface area contributed by atoms with E-state index in [1.54, 1.807) is 4.68 Å². The summed E-state index contributed by atoms with van der Waals surface area (Å²) in [5, 5.41) is 4.10. The Labute approximate surface area is 82.8 Å². The van der Waals surface area contributed by atoms with Crippen molar-refractivity contribution in [1.29, 1.82) is 0 Å². The maximum absolute atomic E-state index is 11.3. The Morgan fingerprint density at radius 3 is 2.93 bits per heavy atom. The van der Waals surface area contributed by atoms with E-state index in [0.29, 0.717) is 18.7 Å². The first-order valence-corrected chi connectivity index (χ1v) is 4.57. The van der Waals surface area contributed by atoms with Crippen LogP contribution in [-0.4, -0.2) is 29.4 Å². The fourth-order valence-corrected chi connectivity index (χ4v) is 1.23. The average Bonchev–Trinajstić information content (AvgIpc) is 2.61. The summed E-state index contributed by atoms with van der Waals surface area (Å²) in [6.07, 6.45) is 2.48. The Morgan fingerprint density at radius 1 is 1.71 bits per heavy atom. The van der Waals surface area contributed by atoms with Crippen molar-refractivity contribution in [2.45, 2.75) is 19.9 Å². The first kappa shape index (κ1) is 10.7. The molecule has 5 heteroatoms. The number of nitrogens with two attached hydrogens (primary N) is 1. The van der Waals surface area contributed by atoms with Crippen molar-refractivity contribution < 1.29 is 9.53 Å². The predicted molar refractivity (Wildman–Crippen MR) is 52.0 cm³/mol. The van der Waals surface area contributed by atoms with Crippen LogP contribution in [0.25, 0.3) is 0 Å². The first-order chi connectivity index (χ1) is 6.72. The second-order valence-corrected chi connectivity index (χ2v) is 2.89. The molecule has 2 N–H and O–H groups in total. The van der Waals surface area contributed by atoms with E-state index < -0.39 is 5.97 Å². The highest BCUT2D eigenvalue weighted by Crippen LogP contribution is 2.08. The van der Waals surface area contributed by atoms with Crippen molar-refractivity contribution in [2.24, 2.45) is 5.73 Å². The topological polar surface area (TPSA) is 70.1 Å². The molecule has 0 atom stereocenters. The lowest BCUT2D eigenvalue weighted by Crippen LogP contribution is -2.09. The highest BCUT2D eigenvalue weighted by molar-refractivity contribution is 5.88. The first-order valence-electron chi connectivity index (χ1n) is 4.57. The third-order valence-corrected chi connectivity index (χ3v) is 1.95. The lowest BCUT2D eigenvalue weighted by atomic mass is 10.2. The van der Waals surface area contributed by atoms with E-state index >= 15 is 0 Å². The Kier molecular flexibility index (Phi) is 3.64. The van der Waals surface area contributed by atoms with Gasteiger partial charge in [0.1, 0.15) is 0 Å². The molecular weight excluding hydrogens is 182 g/mol. The van der Waals surface area contributed by atoms with E-state index in [0.717, 1.165) is 12.1 Å². The largest absolute Gasteiger partial charge is 0.464 e. The molecule has 0 aliphatic carbocycles. The molecule has 0 saturated heterocycles. The molecule has 0 aliphatic rings. The van der Waals surface area contributed by atoms with Gasteiger partial charge in [-0.25, -0.2) is 4.79 Å². The number of carbonyl (C=O) groups excluding carboxylic acids is 1. The molecule has 0 aromatic carbocycles. The zero-order valence-corrected chi connectivity index (χ0v) is 8.49. The molecule has 1 aromatic rings. The fourth-order valence-electron chi connectivity index (χ4n) is 1.23. The molecule has 0 saturated carbocycles. The molecule has 0 fully saturated rings. The summed E-state index contributed by atoms with van der Waals surface area (Å²) in [6.45, 7) is 3.19. The second-order valence-electron chi connectivity index (χ2n) is 2.89. The second kappa shape index (κ2) is 4.76. The molecule has 0 radical (unpaired) electrons. The van der Waals surface area contributed by atoms with Crippen molar-refractivity contribution in [2.75, 3.05) is 13.7 Å². The van der Waals surface area contributed by atoms with Gasteiger partial charge in [0.25, 0.3) is 0 Å². The molecule has 1 rings (SSSR count). The van der Waals surface area contributed by atoms with E-state index in [4.69, 9.17) is 5.73 Å². The predicted octanol–water partition coefficient (Wildman–Crippen LogP) is 0.191. The summed E-state index contributed by atoms with van der Waals surface area (Å²) in [5.41, 5.74) is 6.66. The van der Waals surface area contributed by atoms with Crippen molar-refractivity contribution in [1.82, 2.24) is 9.78 Å². The number of methoxy groups -OCH3 is 1. The van der Waals surface area contributed by atoms with Gasteiger partial charge < -0.3 is 10.5 Å². The molecule has 0 amide bonds. The number of ether oxygens (including phenoxy) is 1. The van der Waals surface area contributed by atoms with Crippen LogP contribution in [0.4, 0.5) is 0 Å². The van der Waals surface area contributed by atoms with Gasteiger partial charge in [-0.05, 0) is 19.9 Å². The van der Waals surface area contributed by atoms with Crippen LogP contribution < -0.4 is 5.73 Å². The summed E-state index contributed by atoms with van der Waals surface area (Å²) in [7, 11) is 1.35. The number of carbonyl (C=O) groups is 1. The SMILES string of the molecule is CCn1cc(CCN)c(C(=O)OC)n1. The lowest BCUT2D eigenvalue weighted by Gasteiger charge is -1.97. The average molecular weight is 197 g/mol. The van der Waals surface area contributed by atoms with Gasteiger partial charge in [-0.1, -0.05) is 0 Å². The fraction of sp³-hybridized carbons (Fsp3) is 0.556. The molecule has 5 nitrogen and oxygen atoms in total. The highest BCUT2D eigenvalue weighted by atomic mass is 16.5. The third kappa shape index (κ3) is 2.11. The molecule has 0 spiro atoms. The van der Waals surface area contributed by atoms with Gasteiger partial charge in [0, 0.05) is 18.3 Å². The van der Waals surface area contributed by atoms with Crippen molar-refractivity contribution in [3.05, 3.63) is 17.5 Å². The number of esters is 1. The Bertz CT molecular complexity index is 320. The van der Waals surface area contributed by atoms with Gasteiger partial charge in [-0.2, -0.15) is 5.10 Å². The molecule has 78 valence electrons. The maximum Gasteiger partial charge on any atom is 0.358 e. The van der Waals surface area contributed by atoms with Crippen LogP contribution in [0.5, 0.6) is 0 Å². The number of aromatic nitrogens is 2. The summed E-state index contributed by atoms with van der Waals surface area (Å²) < 4.78 is 6.33. The molecule has 0 unspecified atom stereocenters. The van der Waals surface area contributed by atoms with Crippen molar-refractivity contribution in [3.8, 4) is 0 Å². The summed E-state index contributed by atoms with van der Waals surface area (Å²) >= 11 is 0. The molecule has 14 heavy (non-hydrogen) atoms. The van der Waals surface area contributed by atoms with E-state index in [2.05, 4.69) is 9.84 Å². The monoisotopic (exact) mass is 197 g/mol. The normalized spacial score (nSPS) is 10.2. The van der Waals surface area contributed by atoms with Crippen molar-refractivity contribution in [3.63, 3.8) is 0 Å². The molecule has 1 heterocycles. The molecule has 0 bridgehead atoms. The minimum absolute atomic E-state index is 0.375. The van der Waals surface area contributed by atoms with Crippen molar-refractivity contribution >= 4 is 5.97 Å². The van der Waals surface area contributed by atoms with E-state index in [1.165, 1.54) is 7.11 Å². The van der Waals surface area contributed by atoms with Crippen LogP contribution in [0.15, 0.2) is 6.20 Å². The van der Waals surface area contributed by atoms with Gasteiger partial charge in [0.05, 0.1) is 7.11 Å². The molecule has 0 aliphatic heterocycles. The van der Waals surface area contributed by atoms with E-state index in [-0.39, 0.29) is 0 Å². The Balaban J connectivity index is 2.99. The van der Waals surface area contributed by atoms with Crippen LogP contribution in [0.2, 0.25) is 0 Å². The van der Waals surface area contributed by atoms with Gasteiger partial charge in [-0.3, -0.25) is 4.68 Å². The number of aryl methyl sites for hydroxylation is 1. The smallest absolute Gasteiger partial charge is 0.358 e. The number of hydrogen-bond acceptors (Lipinski definition) is 4. The van der Waals surface area contributed by atoms with Crippen LogP contribution >= 0.6 is 0 Å². The zero-order valence-electron chi connectivity index (χ0n) is 8.49. The van der Waals surface area contributed by atoms with E-state index in [1.807, 2.05) is 13.1 Å². The number of nitrogens with zero attached hydrogens (tertiary/aromatic N) is 2. The lowest BCUT2D eigenvalue weighted by molar-refractivity contribution is 0.0592. The molecule has 1 aromatic heterocycles. The van der Waals surface area contributed by atoms with Gasteiger partial charge in [0.15, 0.2) is 5.69 Å². The van der Waals surface area contributed by atoms with Crippen LogP contribution in [0.3, 0.4) is 0 Å². The van der Waals surface area contributed by atoms with Crippen LogP contribution in [0.1, 0.15) is 23.0 Å². The minimum atomic E-state index is -0.402. The third-order valence-electron chi connectivity index (χ3n) is 1.95. The van der Waals surface area contributed by atoms with Gasteiger partial charge in [-0.15, -0.1) is 0 Å². The Hall–Kier alpha value is -1.36. The van der Waals surface area contributed by atoms with E-state index in [9.17, 15) is 4.79 Å². The highest BCUT2D eigenvalue weighted by Gasteiger charge is 2.15. The standard InChI is InChI=1S/C9H15N3O2/c1-3-12-6-7(4-5-10)8(11-12)9(13)14-2/h6H,3-5,10H2,1-2H3.